The van der Waals surface area contributed by atoms with E-state index in [0.29, 0.717) is 6.54 Å². The van der Waals surface area contributed by atoms with Gasteiger partial charge in [-0.1, -0.05) is 22.4 Å². The average molecular weight is 405 g/mol. The van der Waals surface area contributed by atoms with Crippen molar-refractivity contribution in [3.63, 3.8) is 0 Å². The zero-order valence-corrected chi connectivity index (χ0v) is 14.5. The third-order valence-electron chi connectivity index (χ3n) is 3.34. The van der Waals surface area contributed by atoms with E-state index in [1.54, 1.807) is 0 Å². The summed E-state index contributed by atoms with van der Waals surface area (Å²) in [6, 6.07) is 5.50. The number of halogens is 2. The lowest BCUT2D eigenvalue weighted by Crippen LogP contribution is -2.39. The van der Waals surface area contributed by atoms with Crippen LogP contribution in [0.3, 0.4) is 0 Å². The smallest absolute Gasteiger partial charge is 0.319 e. The fraction of sp³-hybridized carbons (Fsp3) is 0.500. The van der Waals surface area contributed by atoms with Crippen LogP contribution in [0.25, 0.3) is 0 Å². The lowest BCUT2D eigenvalue weighted by molar-refractivity contribution is 0.224. The summed E-state index contributed by atoms with van der Waals surface area (Å²) >= 11 is 6.81. The first-order valence-electron chi connectivity index (χ1n) is 6.87. The molecule has 20 heavy (non-hydrogen) atoms. The molecule has 1 fully saturated rings. The highest BCUT2D eigenvalue weighted by Gasteiger charge is 2.10. The zero-order chi connectivity index (χ0) is 14.4. The van der Waals surface area contributed by atoms with Gasteiger partial charge in [-0.3, -0.25) is 0 Å². The van der Waals surface area contributed by atoms with Crippen LogP contribution >= 0.6 is 31.9 Å². The van der Waals surface area contributed by atoms with Gasteiger partial charge in [0.1, 0.15) is 0 Å². The number of nitrogens with one attached hydrogen (secondary N) is 2. The number of piperidine rings is 1. The number of urea groups is 1. The SMILES string of the molecule is O=C(NCCN1CCCCC1)Nc1ccc(Br)cc1Br. The molecular formula is C14H19Br2N3O. The number of benzene rings is 1. The van der Waals surface area contributed by atoms with Crippen molar-refractivity contribution < 1.29 is 4.79 Å². The maximum atomic E-state index is 11.8. The topological polar surface area (TPSA) is 44.4 Å². The molecule has 0 spiro atoms. The monoisotopic (exact) mass is 403 g/mol. The highest BCUT2D eigenvalue weighted by molar-refractivity contribution is 9.11. The van der Waals surface area contributed by atoms with Crippen molar-refractivity contribution in [1.29, 1.82) is 0 Å². The highest BCUT2D eigenvalue weighted by atomic mass is 79.9. The van der Waals surface area contributed by atoms with Crippen molar-refractivity contribution in [3.8, 4) is 0 Å². The summed E-state index contributed by atoms with van der Waals surface area (Å²) in [6.07, 6.45) is 3.89. The number of hydrogen-bond acceptors (Lipinski definition) is 2. The summed E-state index contributed by atoms with van der Waals surface area (Å²) in [5.41, 5.74) is 0.767. The molecule has 1 aromatic rings. The molecule has 1 aliphatic heterocycles. The minimum atomic E-state index is -0.162. The van der Waals surface area contributed by atoms with Gasteiger partial charge in [0.2, 0.25) is 0 Å². The number of nitrogens with zero attached hydrogens (tertiary/aromatic N) is 1. The molecule has 0 bridgehead atoms. The predicted molar refractivity (Wildman–Crippen MR) is 89.2 cm³/mol. The molecule has 1 heterocycles. The molecule has 110 valence electrons. The zero-order valence-electron chi connectivity index (χ0n) is 11.3. The van der Waals surface area contributed by atoms with Gasteiger partial charge in [0, 0.05) is 22.0 Å². The molecule has 0 aliphatic carbocycles. The predicted octanol–water partition coefficient (Wildman–Crippen LogP) is 3.82. The Morgan fingerprint density at radius 2 is 1.95 bits per heavy atom. The largest absolute Gasteiger partial charge is 0.337 e. The fourth-order valence-corrected chi connectivity index (χ4v) is 3.41. The van der Waals surface area contributed by atoms with Crippen LogP contribution in [-0.2, 0) is 0 Å². The van der Waals surface area contributed by atoms with Gasteiger partial charge in [-0.05, 0) is 60.1 Å². The average Bonchev–Trinajstić information content (AvgIpc) is 2.43. The quantitative estimate of drug-likeness (QED) is 0.801. The third-order valence-corrected chi connectivity index (χ3v) is 4.49. The Kier molecular flexibility index (Phi) is 6.32. The molecule has 2 N–H and O–H groups in total. The van der Waals surface area contributed by atoms with Crippen LogP contribution in [0, 0.1) is 0 Å². The van der Waals surface area contributed by atoms with E-state index >= 15 is 0 Å². The number of carbonyl (C=O) groups is 1. The molecule has 0 radical (unpaired) electrons. The van der Waals surface area contributed by atoms with E-state index in [1.807, 2.05) is 18.2 Å². The summed E-state index contributed by atoms with van der Waals surface area (Å²) in [5, 5.41) is 5.73. The summed E-state index contributed by atoms with van der Waals surface area (Å²) in [4.78, 5) is 14.2. The first-order chi connectivity index (χ1) is 9.65. The van der Waals surface area contributed by atoms with E-state index in [1.165, 1.54) is 19.3 Å². The lowest BCUT2D eigenvalue weighted by atomic mass is 10.1. The number of likely N-dealkylation sites (tertiary alicyclic amines) is 1. The van der Waals surface area contributed by atoms with E-state index in [-0.39, 0.29) is 6.03 Å². The fourth-order valence-electron chi connectivity index (χ4n) is 2.27. The first-order valence-corrected chi connectivity index (χ1v) is 8.46. The van der Waals surface area contributed by atoms with Crippen molar-refractivity contribution in [2.45, 2.75) is 19.3 Å². The molecule has 4 nitrogen and oxygen atoms in total. The van der Waals surface area contributed by atoms with Gasteiger partial charge in [0.05, 0.1) is 5.69 Å². The maximum Gasteiger partial charge on any atom is 0.319 e. The van der Waals surface area contributed by atoms with Crippen LogP contribution in [0.15, 0.2) is 27.1 Å². The van der Waals surface area contributed by atoms with Gasteiger partial charge in [-0.2, -0.15) is 0 Å². The standard InChI is InChI=1S/C14H19Br2N3O/c15-11-4-5-13(12(16)10-11)18-14(20)17-6-9-19-7-2-1-3-8-19/h4-5,10H,1-3,6-9H2,(H2,17,18,20). The second-order valence-corrected chi connectivity index (χ2v) is 6.68. The van der Waals surface area contributed by atoms with Gasteiger partial charge in [0.15, 0.2) is 0 Å². The lowest BCUT2D eigenvalue weighted by Gasteiger charge is -2.26. The van der Waals surface area contributed by atoms with Crippen LogP contribution in [0.2, 0.25) is 0 Å². The van der Waals surface area contributed by atoms with Crippen molar-refractivity contribution in [2.75, 3.05) is 31.5 Å². The number of amides is 2. The number of hydrogen-bond donors (Lipinski definition) is 2. The van der Waals surface area contributed by atoms with Crippen LogP contribution in [0.4, 0.5) is 10.5 Å². The second kappa shape index (κ2) is 8.00. The van der Waals surface area contributed by atoms with Crippen LogP contribution in [-0.4, -0.2) is 37.1 Å². The molecule has 2 amide bonds. The Labute approximate surface area is 136 Å². The van der Waals surface area contributed by atoms with Gasteiger partial charge in [0.25, 0.3) is 0 Å². The van der Waals surface area contributed by atoms with Crippen molar-refractivity contribution in [1.82, 2.24) is 10.2 Å². The molecule has 2 rings (SSSR count). The summed E-state index contributed by atoms with van der Waals surface area (Å²) in [5.74, 6) is 0. The van der Waals surface area contributed by atoms with Gasteiger partial charge in [-0.15, -0.1) is 0 Å². The molecule has 6 heteroatoms. The Balaban J connectivity index is 1.72. The minimum absolute atomic E-state index is 0.162. The molecule has 0 aromatic heterocycles. The van der Waals surface area contributed by atoms with E-state index in [0.717, 1.165) is 34.3 Å². The second-order valence-electron chi connectivity index (χ2n) is 4.91. The van der Waals surface area contributed by atoms with Gasteiger partial charge < -0.3 is 15.5 Å². The van der Waals surface area contributed by atoms with Crippen molar-refractivity contribution in [3.05, 3.63) is 27.1 Å². The van der Waals surface area contributed by atoms with Crippen LogP contribution in [0.1, 0.15) is 19.3 Å². The summed E-state index contributed by atoms with van der Waals surface area (Å²) in [6.45, 7) is 3.91. The maximum absolute atomic E-state index is 11.8. The minimum Gasteiger partial charge on any atom is -0.337 e. The number of anilines is 1. The molecule has 1 aliphatic rings. The molecule has 1 aromatic carbocycles. The van der Waals surface area contributed by atoms with Gasteiger partial charge >= 0.3 is 6.03 Å². The summed E-state index contributed by atoms with van der Waals surface area (Å²) in [7, 11) is 0. The van der Waals surface area contributed by atoms with E-state index in [4.69, 9.17) is 0 Å². The Hall–Kier alpha value is -0.590. The van der Waals surface area contributed by atoms with Crippen molar-refractivity contribution in [2.24, 2.45) is 0 Å². The van der Waals surface area contributed by atoms with Crippen LogP contribution in [0.5, 0.6) is 0 Å². The van der Waals surface area contributed by atoms with Gasteiger partial charge in [-0.25, -0.2) is 4.79 Å². The molecule has 0 saturated carbocycles. The van der Waals surface area contributed by atoms with Crippen molar-refractivity contribution >= 4 is 43.6 Å². The molecule has 1 saturated heterocycles. The van der Waals surface area contributed by atoms with E-state index < -0.39 is 0 Å². The van der Waals surface area contributed by atoms with Crippen LogP contribution < -0.4 is 10.6 Å². The Bertz CT molecular complexity index is 462. The summed E-state index contributed by atoms with van der Waals surface area (Å²) < 4.78 is 1.83. The molecule has 0 unspecified atom stereocenters. The normalized spacial score (nSPS) is 15.9. The third kappa shape index (κ3) is 5.07. The Morgan fingerprint density at radius 3 is 2.65 bits per heavy atom. The number of rotatable bonds is 4. The first kappa shape index (κ1) is 15.8. The molecular weight excluding hydrogens is 386 g/mol. The van der Waals surface area contributed by atoms with E-state index in [2.05, 4.69) is 47.4 Å². The van der Waals surface area contributed by atoms with E-state index in [9.17, 15) is 4.79 Å². The molecule has 0 atom stereocenters. The highest BCUT2D eigenvalue weighted by Crippen LogP contribution is 2.25. The number of carbonyl (C=O) groups excluding carboxylic acids is 1. The Morgan fingerprint density at radius 1 is 1.20 bits per heavy atom.